The molecule has 1 amide bonds. The van der Waals surface area contributed by atoms with Crippen molar-refractivity contribution in [2.45, 2.75) is 25.8 Å². The molecule has 1 N–H and O–H groups in total. The first-order valence-corrected chi connectivity index (χ1v) is 10.0. The van der Waals surface area contributed by atoms with Crippen LogP contribution >= 0.6 is 23.2 Å². The van der Waals surface area contributed by atoms with Crippen LogP contribution in [-0.2, 0) is 14.3 Å². The van der Waals surface area contributed by atoms with Crippen LogP contribution in [0.25, 0.3) is 0 Å². The molecule has 8 heteroatoms. The molecule has 2 heterocycles. The highest BCUT2D eigenvalue weighted by molar-refractivity contribution is 6.30. The molecule has 156 valence electrons. The molecule has 1 saturated heterocycles. The minimum Gasteiger partial charge on any atom is -0.481 e. The summed E-state index contributed by atoms with van der Waals surface area (Å²) in [5, 5.41) is 8.82. The van der Waals surface area contributed by atoms with Gasteiger partial charge in [0.25, 0.3) is 5.97 Å². The molecule has 0 radical (unpaired) electrons. The van der Waals surface area contributed by atoms with Crippen molar-refractivity contribution >= 4 is 35.1 Å². The molecule has 1 atom stereocenters. The zero-order valence-corrected chi connectivity index (χ0v) is 17.6. The Kier molecular flexibility index (Phi) is 9.38. The van der Waals surface area contributed by atoms with Gasteiger partial charge in [-0.15, -0.1) is 0 Å². The van der Waals surface area contributed by atoms with Gasteiger partial charge in [-0.25, -0.2) is 0 Å². The molecule has 1 aromatic carbocycles. The fourth-order valence-corrected chi connectivity index (χ4v) is 2.91. The van der Waals surface area contributed by atoms with Crippen LogP contribution in [0.4, 0.5) is 0 Å². The van der Waals surface area contributed by atoms with Gasteiger partial charge in [-0.05, 0) is 43.0 Å². The van der Waals surface area contributed by atoms with Crippen molar-refractivity contribution < 1.29 is 19.4 Å². The third-order valence-electron chi connectivity index (χ3n) is 4.17. The smallest absolute Gasteiger partial charge is 0.300 e. The molecular weight excluding hydrogens is 415 g/mol. The molecule has 1 aromatic heterocycles. The number of pyridine rings is 1. The summed E-state index contributed by atoms with van der Waals surface area (Å²) in [4.78, 5) is 27.2. The molecule has 4 rings (SSSR count). The van der Waals surface area contributed by atoms with Crippen molar-refractivity contribution in [1.82, 2.24) is 9.88 Å². The number of hydrogen-bond acceptors (Lipinski definition) is 4. The number of rotatable bonds is 3. The minimum absolute atomic E-state index is 0.0647. The minimum atomic E-state index is -0.833. The SMILES string of the molecule is CC(=O)O.Clc1ccccc1.O=C1COCC(c2ccc(Cl)cn2)N1CC1CC1. The van der Waals surface area contributed by atoms with E-state index in [9.17, 15) is 4.79 Å². The van der Waals surface area contributed by atoms with Crippen molar-refractivity contribution in [2.75, 3.05) is 19.8 Å². The van der Waals surface area contributed by atoms with Crippen molar-refractivity contribution in [3.63, 3.8) is 0 Å². The normalized spacial score (nSPS) is 18.1. The zero-order valence-electron chi connectivity index (χ0n) is 16.1. The average Bonchev–Trinajstić information content (AvgIpc) is 3.49. The van der Waals surface area contributed by atoms with Gasteiger partial charge in [0.05, 0.1) is 23.4 Å². The molecule has 2 aliphatic rings. The highest BCUT2D eigenvalue weighted by atomic mass is 35.5. The Labute approximate surface area is 180 Å². The number of aromatic nitrogens is 1. The van der Waals surface area contributed by atoms with Gasteiger partial charge in [-0.1, -0.05) is 41.4 Å². The number of hydrogen-bond donors (Lipinski definition) is 1. The lowest BCUT2D eigenvalue weighted by Crippen LogP contribution is -2.45. The number of carboxylic acid groups (broad SMARTS) is 1. The van der Waals surface area contributed by atoms with Gasteiger partial charge in [0, 0.05) is 24.7 Å². The monoisotopic (exact) mass is 438 g/mol. The van der Waals surface area contributed by atoms with Crippen LogP contribution in [0.5, 0.6) is 0 Å². The van der Waals surface area contributed by atoms with Crippen molar-refractivity contribution in [2.24, 2.45) is 5.92 Å². The van der Waals surface area contributed by atoms with Crippen LogP contribution in [0.15, 0.2) is 48.7 Å². The van der Waals surface area contributed by atoms with E-state index in [1.54, 1.807) is 12.3 Å². The molecule has 2 fully saturated rings. The lowest BCUT2D eigenvalue weighted by molar-refractivity contribution is -0.149. The van der Waals surface area contributed by atoms with Gasteiger partial charge in [0.2, 0.25) is 5.91 Å². The maximum absolute atomic E-state index is 12.0. The van der Waals surface area contributed by atoms with E-state index in [0.29, 0.717) is 17.5 Å². The van der Waals surface area contributed by atoms with Crippen LogP contribution in [0.2, 0.25) is 10.0 Å². The predicted octanol–water partition coefficient (Wildman–Crippen LogP) is 4.48. The highest BCUT2D eigenvalue weighted by Crippen LogP contribution is 2.34. The fraction of sp³-hybridized carbons (Fsp3) is 0.381. The van der Waals surface area contributed by atoms with Gasteiger partial charge in [0.1, 0.15) is 6.61 Å². The van der Waals surface area contributed by atoms with E-state index >= 15 is 0 Å². The predicted molar refractivity (Wildman–Crippen MR) is 112 cm³/mol. The number of carboxylic acids is 1. The van der Waals surface area contributed by atoms with Crippen LogP contribution in [-0.4, -0.2) is 46.6 Å². The molecule has 1 aliphatic carbocycles. The third-order valence-corrected chi connectivity index (χ3v) is 4.65. The number of nitrogens with zero attached hydrogens (tertiary/aromatic N) is 2. The Morgan fingerprint density at radius 1 is 1.17 bits per heavy atom. The Bertz CT molecular complexity index is 779. The number of aliphatic carboxylic acids is 1. The highest BCUT2D eigenvalue weighted by Gasteiger charge is 2.35. The van der Waals surface area contributed by atoms with E-state index in [1.807, 2.05) is 41.3 Å². The lowest BCUT2D eigenvalue weighted by atomic mass is 10.1. The lowest BCUT2D eigenvalue weighted by Gasteiger charge is -2.35. The van der Waals surface area contributed by atoms with Crippen molar-refractivity contribution in [3.8, 4) is 0 Å². The van der Waals surface area contributed by atoms with Crippen molar-refractivity contribution in [1.29, 1.82) is 0 Å². The number of ether oxygens (including phenoxy) is 1. The summed E-state index contributed by atoms with van der Waals surface area (Å²) in [7, 11) is 0. The summed E-state index contributed by atoms with van der Waals surface area (Å²) in [6.45, 7) is 2.63. The molecule has 6 nitrogen and oxygen atoms in total. The van der Waals surface area contributed by atoms with Crippen LogP contribution in [0, 0.1) is 5.92 Å². The van der Waals surface area contributed by atoms with Gasteiger partial charge in [-0.2, -0.15) is 0 Å². The van der Waals surface area contributed by atoms with Crippen LogP contribution in [0.1, 0.15) is 31.5 Å². The van der Waals surface area contributed by atoms with E-state index in [0.717, 1.165) is 24.2 Å². The molecule has 1 unspecified atom stereocenters. The molecule has 1 saturated carbocycles. The Morgan fingerprint density at radius 3 is 2.31 bits per heavy atom. The van der Waals surface area contributed by atoms with Gasteiger partial charge in [0.15, 0.2) is 0 Å². The summed E-state index contributed by atoms with van der Waals surface area (Å²) >= 11 is 11.4. The molecule has 1 aliphatic heterocycles. The average molecular weight is 439 g/mol. The fourth-order valence-electron chi connectivity index (χ4n) is 2.66. The second kappa shape index (κ2) is 11.8. The Morgan fingerprint density at radius 2 is 1.83 bits per heavy atom. The second-order valence-electron chi connectivity index (χ2n) is 6.74. The van der Waals surface area contributed by atoms with Gasteiger partial charge < -0.3 is 14.7 Å². The number of carbonyl (C=O) groups excluding carboxylic acids is 1. The summed E-state index contributed by atoms with van der Waals surface area (Å²) in [6, 6.07) is 13.1. The molecule has 0 spiro atoms. The molecule has 2 aromatic rings. The summed E-state index contributed by atoms with van der Waals surface area (Å²) in [5.74, 6) is -0.100. The quantitative estimate of drug-likeness (QED) is 0.763. The Balaban J connectivity index is 0.000000226. The first-order chi connectivity index (χ1) is 13.9. The summed E-state index contributed by atoms with van der Waals surface area (Å²) in [5.41, 5.74) is 0.855. The molecule has 0 bridgehead atoms. The number of morpholine rings is 1. The first-order valence-electron chi connectivity index (χ1n) is 9.25. The standard InChI is InChI=1S/C13H15ClN2O2.C6H5Cl.C2H4O2/c14-10-3-4-11(15-5-10)12-7-18-8-13(17)16(12)6-9-1-2-9;7-6-4-2-1-3-5-6;1-2(3)4/h3-5,9,12H,1-2,6-8H2;1-5H;1H3,(H,3,4). The second-order valence-corrected chi connectivity index (χ2v) is 7.61. The molecule has 29 heavy (non-hydrogen) atoms. The van der Waals surface area contributed by atoms with E-state index in [2.05, 4.69) is 4.98 Å². The summed E-state index contributed by atoms with van der Waals surface area (Å²) in [6.07, 6.45) is 4.07. The number of carbonyl (C=O) groups is 2. The maximum Gasteiger partial charge on any atom is 0.300 e. The van der Waals surface area contributed by atoms with E-state index in [4.69, 9.17) is 37.8 Å². The van der Waals surface area contributed by atoms with E-state index < -0.39 is 5.97 Å². The van der Waals surface area contributed by atoms with Crippen LogP contribution in [0.3, 0.4) is 0 Å². The third kappa shape index (κ3) is 8.81. The van der Waals surface area contributed by atoms with Gasteiger partial charge in [-0.3, -0.25) is 14.6 Å². The topological polar surface area (TPSA) is 79.7 Å². The van der Waals surface area contributed by atoms with E-state index in [1.165, 1.54) is 12.8 Å². The van der Waals surface area contributed by atoms with Gasteiger partial charge >= 0.3 is 0 Å². The number of halogens is 2. The van der Waals surface area contributed by atoms with Crippen LogP contribution < -0.4 is 0 Å². The van der Waals surface area contributed by atoms with Crippen molar-refractivity contribution in [3.05, 3.63) is 64.4 Å². The zero-order chi connectivity index (χ0) is 21.2. The number of amides is 1. The Hall–Kier alpha value is -2.15. The molecular formula is C21H24Cl2N2O4. The summed E-state index contributed by atoms with van der Waals surface area (Å²) < 4.78 is 5.35. The maximum atomic E-state index is 12.0. The largest absolute Gasteiger partial charge is 0.481 e. The van der Waals surface area contributed by atoms with E-state index in [-0.39, 0.29) is 18.6 Å². The number of benzene rings is 1. The first kappa shape index (κ1) is 23.1.